The lowest BCUT2D eigenvalue weighted by Crippen LogP contribution is -2.08. The molecule has 18 heavy (non-hydrogen) atoms. The average Bonchev–Trinajstić information content (AvgIpc) is 2.27. The van der Waals surface area contributed by atoms with E-state index in [9.17, 15) is 13.2 Å². The molecule has 5 heteroatoms. The fourth-order valence-electron chi connectivity index (χ4n) is 1.75. The Bertz CT molecular complexity index is 577. The molecule has 0 aliphatic carbocycles. The average molecular weight is 252 g/mol. The van der Waals surface area contributed by atoms with E-state index < -0.39 is 11.7 Å². The van der Waals surface area contributed by atoms with Crippen LogP contribution in [0.25, 0.3) is 11.1 Å². The molecule has 2 nitrogen and oxygen atoms in total. The van der Waals surface area contributed by atoms with Crippen molar-refractivity contribution in [3.8, 4) is 11.1 Å². The fraction of sp³-hybridized carbons (Fsp3) is 0.0769. The fourth-order valence-corrected chi connectivity index (χ4v) is 1.75. The molecule has 0 atom stereocenters. The Morgan fingerprint density at radius 1 is 0.833 bits per heavy atom. The monoisotopic (exact) mass is 252 g/mol. The highest BCUT2D eigenvalue weighted by Gasteiger charge is 2.32. The van der Waals surface area contributed by atoms with E-state index >= 15 is 0 Å². The van der Waals surface area contributed by atoms with Crippen LogP contribution >= 0.6 is 0 Å². The highest BCUT2D eigenvalue weighted by molar-refractivity contribution is 5.78. The van der Waals surface area contributed by atoms with Gasteiger partial charge in [0.25, 0.3) is 0 Å². The molecule has 2 aromatic rings. The second kappa shape index (κ2) is 4.25. The molecule has 0 unspecified atom stereocenters. The summed E-state index contributed by atoms with van der Waals surface area (Å²) in [6.07, 6.45) is -4.44. The van der Waals surface area contributed by atoms with Gasteiger partial charge in [0, 0.05) is 16.9 Å². The van der Waals surface area contributed by atoms with Gasteiger partial charge in [-0.3, -0.25) is 0 Å². The second-order valence-corrected chi connectivity index (χ2v) is 3.89. The lowest BCUT2D eigenvalue weighted by atomic mass is 10.0. The SMILES string of the molecule is Nc1ccccc1-c1ccc(C(F)(F)F)c(N)c1. The van der Waals surface area contributed by atoms with Gasteiger partial charge in [-0.15, -0.1) is 0 Å². The first-order valence-corrected chi connectivity index (χ1v) is 5.21. The Hall–Kier alpha value is -2.17. The molecule has 0 saturated heterocycles. The van der Waals surface area contributed by atoms with Crippen LogP contribution in [-0.4, -0.2) is 0 Å². The number of benzene rings is 2. The molecule has 0 radical (unpaired) electrons. The molecule has 0 aliphatic rings. The van der Waals surface area contributed by atoms with Gasteiger partial charge in [-0.05, 0) is 23.8 Å². The zero-order chi connectivity index (χ0) is 13.3. The van der Waals surface area contributed by atoms with Gasteiger partial charge >= 0.3 is 6.18 Å². The van der Waals surface area contributed by atoms with Crippen molar-refractivity contribution in [3.63, 3.8) is 0 Å². The maximum atomic E-state index is 12.6. The first kappa shape index (κ1) is 12.3. The Morgan fingerprint density at radius 2 is 1.50 bits per heavy atom. The van der Waals surface area contributed by atoms with Crippen LogP contribution < -0.4 is 11.5 Å². The zero-order valence-corrected chi connectivity index (χ0v) is 9.33. The Morgan fingerprint density at radius 3 is 2.06 bits per heavy atom. The molecule has 0 saturated carbocycles. The van der Waals surface area contributed by atoms with Crippen LogP contribution in [0, 0.1) is 0 Å². The first-order chi connectivity index (χ1) is 8.39. The number of alkyl halides is 3. The van der Waals surface area contributed by atoms with E-state index in [1.165, 1.54) is 12.1 Å². The summed E-state index contributed by atoms with van der Waals surface area (Å²) in [6, 6.07) is 10.6. The maximum Gasteiger partial charge on any atom is 0.418 e. The molecule has 0 bridgehead atoms. The number of nitrogen functional groups attached to an aromatic ring is 2. The van der Waals surface area contributed by atoms with E-state index in [2.05, 4.69) is 0 Å². The largest absolute Gasteiger partial charge is 0.418 e. The van der Waals surface area contributed by atoms with E-state index in [4.69, 9.17) is 11.5 Å². The van der Waals surface area contributed by atoms with Crippen LogP contribution in [0.15, 0.2) is 42.5 Å². The van der Waals surface area contributed by atoms with Gasteiger partial charge in [0.05, 0.1) is 5.56 Å². The van der Waals surface area contributed by atoms with E-state index in [1.807, 2.05) is 0 Å². The van der Waals surface area contributed by atoms with Crippen molar-refractivity contribution in [3.05, 3.63) is 48.0 Å². The van der Waals surface area contributed by atoms with Gasteiger partial charge in [-0.1, -0.05) is 24.3 Å². The van der Waals surface area contributed by atoms with Gasteiger partial charge in [0.15, 0.2) is 0 Å². The molecular formula is C13H11F3N2. The zero-order valence-electron chi connectivity index (χ0n) is 9.33. The minimum atomic E-state index is -4.44. The lowest BCUT2D eigenvalue weighted by molar-refractivity contribution is -0.136. The number of hydrogen-bond donors (Lipinski definition) is 2. The number of hydrogen-bond acceptors (Lipinski definition) is 2. The second-order valence-electron chi connectivity index (χ2n) is 3.89. The van der Waals surface area contributed by atoms with Crippen molar-refractivity contribution in [2.45, 2.75) is 6.18 Å². The number of rotatable bonds is 1. The molecule has 0 aliphatic heterocycles. The summed E-state index contributed by atoms with van der Waals surface area (Å²) in [7, 11) is 0. The lowest BCUT2D eigenvalue weighted by Gasteiger charge is -2.12. The third-order valence-corrected chi connectivity index (χ3v) is 2.63. The molecule has 0 aromatic heterocycles. The predicted octanol–water partition coefficient (Wildman–Crippen LogP) is 3.54. The summed E-state index contributed by atoms with van der Waals surface area (Å²) in [5.74, 6) is 0. The summed E-state index contributed by atoms with van der Waals surface area (Å²) in [5.41, 5.74) is 11.8. The van der Waals surface area contributed by atoms with Crippen LogP contribution in [0.2, 0.25) is 0 Å². The summed E-state index contributed by atoms with van der Waals surface area (Å²) < 4.78 is 37.7. The molecule has 94 valence electrons. The van der Waals surface area contributed by atoms with Gasteiger partial charge in [-0.2, -0.15) is 13.2 Å². The van der Waals surface area contributed by atoms with E-state index in [-0.39, 0.29) is 5.69 Å². The summed E-state index contributed by atoms with van der Waals surface area (Å²) in [6.45, 7) is 0. The number of halogens is 3. The maximum absolute atomic E-state index is 12.6. The van der Waals surface area contributed by atoms with Gasteiger partial charge in [0.2, 0.25) is 0 Å². The smallest absolute Gasteiger partial charge is 0.398 e. The summed E-state index contributed by atoms with van der Waals surface area (Å²) in [4.78, 5) is 0. The molecule has 2 rings (SSSR count). The molecule has 0 spiro atoms. The highest BCUT2D eigenvalue weighted by Crippen LogP contribution is 2.36. The molecular weight excluding hydrogens is 241 g/mol. The molecule has 4 N–H and O–H groups in total. The molecule has 0 amide bonds. The topological polar surface area (TPSA) is 52.0 Å². The van der Waals surface area contributed by atoms with Crippen molar-refractivity contribution in [1.82, 2.24) is 0 Å². The Balaban J connectivity index is 2.51. The van der Waals surface area contributed by atoms with Crippen molar-refractivity contribution >= 4 is 11.4 Å². The Kier molecular flexibility index (Phi) is 2.90. The van der Waals surface area contributed by atoms with E-state index in [0.717, 1.165) is 6.07 Å². The van der Waals surface area contributed by atoms with Crippen LogP contribution in [0.3, 0.4) is 0 Å². The van der Waals surface area contributed by atoms with Crippen molar-refractivity contribution in [2.24, 2.45) is 0 Å². The number of anilines is 2. The van der Waals surface area contributed by atoms with Crippen LogP contribution in [0.1, 0.15) is 5.56 Å². The molecule has 0 heterocycles. The highest BCUT2D eigenvalue weighted by atomic mass is 19.4. The van der Waals surface area contributed by atoms with Crippen molar-refractivity contribution in [2.75, 3.05) is 11.5 Å². The normalized spacial score (nSPS) is 11.5. The van der Waals surface area contributed by atoms with Crippen LogP contribution in [-0.2, 0) is 6.18 Å². The summed E-state index contributed by atoms with van der Waals surface area (Å²) >= 11 is 0. The number of nitrogens with two attached hydrogens (primary N) is 2. The van der Waals surface area contributed by atoms with Gasteiger partial charge < -0.3 is 11.5 Å². The number of para-hydroxylation sites is 1. The minimum absolute atomic E-state index is 0.303. The minimum Gasteiger partial charge on any atom is -0.398 e. The quantitative estimate of drug-likeness (QED) is 0.763. The first-order valence-electron chi connectivity index (χ1n) is 5.21. The predicted molar refractivity (Wildman–Crippen MR) is 65.7 cm³/mol. The third-order valence-electron chi connectivity index (χ3n) is 2.63. The van der Waals surface area contributed by atoms with E-state index in [0.29, 0.717) is 16.8 Å². The molecule has 0 fully saturated rings. The third kappa shape index (κ3) is 2.25. The van der Waals surface area contributed by atoms with Crippen LogP contribution in [0.5, 0.6) is 0 Å². The van der Waals surface area contributed by atoms with Crippen molar-refractivity contribution in [1.29, 1.82) is 0 Å². The molecule has 2 aromatic carbocycles. The van der Waals surface area contributed by atoms with E-state index in [1.54, 1.807) is 24.3 Å². The summed E-state index contributed by atoms with van der Waals surface area (Å²) in [5, 5.41) is 0. The van der Waals surface area contributed by atoms with Crippen molar-refractivity contribution < 1.29 is 13.2 Å². The standard InChI is InChI=1S/C13H11F3N2/c14-13(15,16)10-6-5-8(7-12(10)18)9-3-1-2-4-11(9)17/h1-7H,17-18H2. The Labute approximate surface area is 102 Å². The van der Waals surface area contributed by atoms with Gasteiger partial charge in [-0.25, -0.2) is 0 Å². The van der Waals surface area contributed by atoms with Gasteiger partial charge in [0.1, 0.15) is 0 Å². The van der Waals surface area contributed by atoms with Crippen LogP contribution in [0.4, 0.5) is 24.5 Å².